The van der Waals surface area contributed by atoms with E-state index in [1.54, 1.807) is 36.4 Å². The van der Waals surface area contributed by atoms with Crippen molar-refractivity contribution >= 4 is 23.5 Å². The Labute approximate surface area is 158 Å². The number of ether oxygens (including phenoxy) is 1. The maximum Gasteiger partial charge on any atom is 2.00 e. The molecule has 0 saturated heterocycles. The quantitative estimate of drug-likeness (QED) is 0.597. The zero-order valence-corrected chi connectivity index (χ0v) is 16.5. The zero-order chi connectivity index (χ0) is 15.9. The van der Waals surface area contributed by atoms with Crippen molar-refractivity contribution in [3.8, 4) is 11.8 Å². The number of carbonyl (C=O) groups excluding carboxylic acids is 1. The molecule has 2 aromatic rings. The minimum atomic E-state index is -0.416. The van der Waals surface area contributed by atoms with Gasteiger partial charge in [0.15, 0.2) is 0 Å². The van der Waals surface area contributed by atoms with Crippen LogP contribution in [0.25, 0.3) is 6.08 Å². The number of nitrogens with zero attached hydrogens (tertiary/aromatic N) is 1. The molecule has 6 heteroatoms. The first-order valence-corrected chi connectivity index (χ1v) is 6.39. The number of benzene rings is 2. The van der Waals surface area contributed by atoms with Gasteiger partial charge in [0, 0.05) is 11.8 Å². The summed E-state index contributed by atoms with van der Waals surface area (Å²) in [5, 5.41) is 14.3. The molecule has 0 bridgehead atoms. The first kappa shape index (κ1) is 18.8. The van der Waals surface area contributed by atoms with Crippen LogP contribution in [0.5, 0.6) is 5.75 Å². The third kappa shape index (κ3) is 5.18. The van der Waals surface area contributed by atoms with Crippen LogP contribution in [0, 0.1) is 55.1 Å². The van der Waals surface area contributed by atoms with Crippen LogP contribution in [0.2, 0.25) is 0 Å². The van der Waals surface area contributed by atoms with Crippen LogP contribution in [-0.4, -0.2) is 13.1 Å². The molecule has 0 fully saturated rings. The van der Waals surface area contributed by atoms with Gasteiger partial charge < -0.3 is 33.6 Å². The van der Waals surface area contributed by atoms with Gasteiger partial charge in [0.25, 0.3) is 0 Å². The van der Waals surface area contributed by atoms with Crippen molar-refractivity contribution in [1.29, 1.82) is 5.26 Å². The molecular weight excluding hydrogens is 516 g/mol. The molecule has 0 aliphatic rings. The average molecular weight is 529 g/mol. The third-order valence-electron chi connectivity index (χ3n) is 2.84. The molecule has 2 N–H and O–H groups in total. The van der Waals surface area contributed by atoms with E-state index in [-0.39, 0.29) is 31.1 Å². The number of hydrogen-bond acceptors (Lipinski definition) is 3. The van der Waals surface area contributed by atoms with E-state index in [2.05, 4.69) is 16.7 Å². The summed E-state index contributed by atoms with van der Waals surface area (Å²) in [4.78, 5) is 12.0. The van der Waals surface area contributed by atoms with Crippen molar-refractivity contribution in [2.24, 2.45) is 0 Å². The summed E-state index contributed by atoms with van der Waals surface area (Å²) < 4.78 is 5.09. The summed E-state index contributed by atoms with van der Waals surface area (Å²) in [6, 6.07) is 14.3. The van der Waals surface area contributed by atoms with Crippen molar-refractivity contribution in [3.05, 3.63) is 60.2 Å². The Kier molecular flexibility index (Phi) is 7.41. The van der Waals surface area contributed by atoms with Gasteiger partial charge in [-0.05, 0) is 12.1 Å². The van der Waals surface area contributed by atoms with Crippen LogP contribution in [0.1, 0.15) is 11.1 Å². The predicted octanol–water partition coefficient (Wildman–Crippen LogP) is 3.46. The molecule has 0 heterocycles. The monoisotopic (exact) mass is 529 g/mol. The summed E-state index contributed by atoms with van der Waals surface area (Å²) in [5.41, 5.74) is 2.18. The summed E-state index contributed by atoms with van der Waals surface area (Å²) in [7, 11) is 1.46. The molecule has 5 nitrogen and oxygen atoms in total. The Bertz CT molecular complexity index is 754. The van der Waals surface area contributed by atoms with Crippen LogP contribution in [0.4, 0.5) is 16.2 Å². The number of methoxy groups -OCH3 is 1. The van der Waals surface area contributed by atoms with Gasteiger partial charge in [-0.1, -0.05) is 5.69 Å². The number of rotatable bonds is 4. The number of nitriles is 1. The van der Waals surface area contributed by atoms with Gasteiger partial charge in [-0.2, -0.15) is 11.3 Å². The first-order chi connectivity index (χ1) is 10.7. The fraction of sp³-hybridized carbons (Fsp3) is 0.0588. The van der Waals surface area contributed by atoms with Crippen LogP contribution < -0.4 is 15.4 Å². The Hall–Kier alpha value is -2.21. The number of urea groups is 1. The molecule has 0 aromatic heterocycles. The molecule has 0 aliphatic carbocycles. The van der Waals surface area contributed by atoms with Gasteiger partial charge in [-0.15, -0.1) is 6.07 Å². The molecule has 0 spiro atoms. The number of anilines is 2. The summed E-state index contributed by atoms with van der Waals surface area (Å²) in [6.45, 7) is 5.41. The second kappa shape index (κ2) is 9.05. The smallest absolute Gasteiger partial charge is 0.495 e. The Morgan fingerprint density at radius 2 is 2.00 bits per heavy atom. The average Bonchev–Trinajstić information content (AvgIpc) is 2.54. The number of amides is 2. The van der Waals surface area contributed by atoms with Crippen molar-refractivity contribution in [2.45, 2.75) is 0 Å². The predicted molar refractivity (Wildman–Crippen MR) is 84.4 cm³/mol. The van der Waals surface area contributed by atoms with E-state index in [4.69, 9.17) is 16.6 Å². The van der Waals surface area contributed by atoms with Gasteiger partial charge in [0.2, 0.25) is 0 Å². The molecule has 0 aliphatic heterocycles. The van der Waals surface area contributed by atoms with Crippen molar-refractivity contribution in [1.82, 2.24) is 0 Å². The van der Waals surface area contributed by atoms with E-state index in [1.165, 1.54) is 13.2 Å². The SMILES string of the molecule is [CH-]=Cc1[c-]ccc(NC(=O)Nc2ccc(C#N)c(OC)c2)c1.[U+2]. The van der Waals surface area contributed by atoms with Gasteiger partial charge >= 0.3 is 37.1 Å². The maximum atomic E-state index is 12.0. The fourth-order valence-electron chi connectivity index (χ4n) is 1.81. The Balaban J connectivity index is 0.00000264. The van der Waals surface area contributed by atoms with Crippen LogP contribution in [0.3, 0.4) is 0 Å². The van der Waals surface area contributed by atoms with E-state index < -0.39 is 6.03 Å². The van der Waals surface area contributed by atoms with Crippen molar-refractivity contribution in [2.75, 3.05) is 17.7 Å². The molecule has 2 amide bonds. The maximum absolute atomic E-state index is 12.0. The van der Waals surface area contributed by atoms with Crippen LogP contribution in [0.15, 0.2) is 36.4 Å². The fourth-order valence-corrected chi connectivity index (χ4v) is 1.81. The molecule has 0 atom stereocenters. The molecule has 2 rings (SSSR count). The second-order valence-electron chi connectivity index (χ2n) is 4.31. The zero-order valence-electron chi connectivity index (χ0n) is 12.4. The molecule has 0 saturated carbocycles. The minimum absolute atomic E-state index is 0. The van der Waals surface area contributed by atoms with Gasteiger partial charge in [-0.25, -0.2) is 16.9 Å². The first-order valence-electron chi connectivity index (χ1n) is 6.39. The topological polar surface area (TPSA) is 74.2 Å². The van der Waals surface area contributed by atoms with Crippen molar-refractivity contribution in [3.63, 3.8) is 0 Å². The normalized spacial score (nSPS) is 9.04. The number of carbonyl (C=O) groups is 1. The standard InChI is InChI=1S/C17H13N3O2.U/c1-3-12-5-4-6-14(9-12)19-17(21)20-15-8-7-13(11-18)16(10-15)22-2;/h1,3-4,6-10H,2H3,(H2,19,20,21);/q-2;+2. The molecule has 0 unspecified atom stereocenters. The van der Waals surface area contributed by atoms with E-state index in [0.29, 0.717) is 28.3 Å². The van der Waals surface area contributed by atoms with E-state index in [0.717, 1.165) is 0 Å². The van der Waals surface area contributed by atoms with Gasteiger partial charge in [-0.3, -0.25) is 0 Å². The molecule has 112 valence electrons. The Morgan fingerprint density at radius 3 is 2.61 bits per heavy atom. The molecular formula is C17H13N3O2U. The van der Waals surface area contributed by atoms with Gasteiger partial charge in [0.05, 0.1) is 12.7 Å². The summed E-state index contributed by atoms with van der Waals surface area (Å²) in [5.74, 6) is 0.398. The van der Waals surface area contributed by atoms with E-state index in [9.17, 15) is 4.79 Å². The van der Waals surface area contributed by atoms with Gasteiger partial charge in [0.1, 0.15) is 11.8 Å². The number of hydrogen-bond donors (Lipinski definition) is 2. The van der Waals surface area contributed by atoms with E-state index >= 15 is 0 Å². The molecule has 0 radical (unpaired) electrons. The van der Waals surface area contributed by atoms with Crippen molar-refractivity contribution < 1.29 is 40.6 Å². The van der Waals surface area contributed by atoms with Crippen LogP contribution in [-0.2, 0) is 0 Å². The molecule has 2 aromatic carbocycles. The van der Waals surface area contributed by atoms with E-state index in [1.807, 2.05) is 6.07 Å². The number of nitrogens with one attached hydrogen (secondary N) is 2. The summed E-state index contributed by atoms with van der Waals surface area (Å²) >= 11 is 0. The Morgan fingerprint density at radius 1 is 1.30 bits per heavy atom. The van der Waals surface area contributed by atoms with Crippen LogP contribution >= 0.6 is 0 Å². The minimum Gasteiger partial charge on any atom is -0.495 e. The largest absolute Gasteiger partial charge is 2.00 e. The second-order valence-corrected chi connectivity index (χ2v) is 4.31. The summed E-state index contributed by atoms with van der Waals surface area (Å²) in [6.07, 6.45) is 1.40. The third-order valence-corrected chi connectivity index (χ3v) is 2.84. The molecule has 23 heavy (non-hydrogen) atoms.